The van der Waals surface area contributed by atoms with Crippen LogP contribution in [0.15, 0.2) is 0 Å². The van der Waals surface area contributed by atoms with E-state index in [2.05, 4.69) is 17.6 Å². The number of ether oxygens (including phenoxy) is 1. The van der Waals surface area contributed by atoms with Crippen LogP contribution >= 0.6 is 11.8 Å². The number of hydrogen-bond acceptors (Lipinski definition) is 8. The fraction of sp³-hybridized carbons (Fsp3) is 0.913. The van der Waals surface area contributed by atoms with E-state index >= 15 is 0 Å². The van der Waals surface area contributed by atoms with E-state index in [0.717, 1.165) is 25.8 Å². The predicted octanol–water partition coefficient (Wildman–Crippen LogP) is 0.662. The molecule has 192 valence electrons. The van der Waals surface area contributed by atoms with Crippen LogP contribution in [0.3, 0.4) is 0 Å². The quantitative estimate of drug-likeness (QED) is 0.303. The molecule has 2 rings (SSSR count). The smallest absolute Gasteiger partial charge is 0.237 e. The Morgan fingerprint density at radius 3 is 2.42 bits per heavy atom. The lowest BCUT2D eigenvalue weighted by atomic mass is 9.86. The molecule has 0 bridgehead atoms. The van der Waals surface area contributed by atoms with Crippen molar-refractivity contribution in [3.63, 3.8) is 0 Å². The van der Waals surface area contributed by atoms with Gasteiger partial charge in [0.15, 0.2) is 0 Å². The average Bonchev–Trinajstić information content (AvgIpc) is 2.80. The SMILES string of the molecule is CCC[C@@H]1CCN(CNC(=O)CC)[C@H](C(=O)N[C@H](C(C)C)[C@H]2O[C@H](SC)[C@H](O)[C@@H](O)[C@H]2O)C1. The molecule has 2 saturated heterocycles. The monoisotopic (exact) mass is 489 g/mol. The third kappa shape index (κ3) is 7.29. The molecular weight excluding hydrogens is 446 g/mol. The minimum atomic E-state index is -1.36. The highest BCUT2D eigenvalue weighted by molar-refractivity contribution is 7.99. The molecule has 5 N–H and O–H groups in total. The van der Waals surface area contributed by atoms with Crippen molar-refractivity contribution in [2.24, 2.45) is 11.8 Å². The number of amides is 2. The predicted molar refractivity (Wildman–Crippen MR) is 128 cm³/mol. The molecule has 0 aromatic rings. The summed E-state index contributed by atoms with van der Waals surface area (Å²) in [6.07, 6.45) is 1.20. The fourth-order valence-corrected chi connectivity index (χ4v) is 5.47. The summed E-state index contributed by atoms with van der Waals surface area (Å²) < 4.78 is 5.94. The molecule has 10 heteroatoms. The van der Waals surface area contributed by atoms with Gasteiger partial charge in [-0.3, -0.25) is 14.5 Å². The molecule has 33 heavy (non-hydrogen) atoms. The third-order valence-corrected chi connectivity index (χ3v) is 7.70. The molecule has 0 aliphatic carbocycles. The van der Waals surface area contributed by atoms with Crippen LogP contribution in [0.2, 0.25) is 0 Å². The Bertz CT molecular complexity index is 637. The van der Waals surface area contributed by atoms with Crippen LogP contribution in [0, 0.1) is 11.8 Å². The minimum absolute atomic E-state index is 0.0562. The number of nitrogens with one attached hydrogen (secondary N) is 2. The van der Waals surface area contributed by atoms with E-state index in [1.807, 2.05) is 18.7 Å². The molecule has 2 aliphatic heterocycles. The minimum Gasteiger partial charge on any atom is -0.388 e. The number of thioether (sulfide) groups is 1. The van der Waals surface area contributed by atoms with E-state index in [1.165, 1.54) is 11.8 Å². The van der Waals surface area contributed by atoms with Crippen LogP contribution in [0.25, 0.3) is 0 Å². The number of hydrogen-bond donors (Lipinski definition) is 5. The molecule has 2 aliphatic rings. The van der Waals surface area contributed by atoms with E-state index < -0.39 is 41.9 Å². The molecule has 0 unspecified atom stereocenters. The summed E-state index contributed by atoms with van der Waals surface area (Å²) in [5, 5.41) is 37.2. The zero-order chi connectivity index (χ0) is 24.7. The molecule has 2 amide bonds. The molecule has 0 radical (unpaired) electrons. The number of aliphatic hydroxyl groups is 3. The lowest BCUT2D eigenvalue weighted by Crippen LogP contribution is -2.65. The number of aliphatic hydroxyl groups excluding tert-OH is 3. The molecule has 9 nitrogen and oxygen atoms in total. The van der Waals surface area contributed by atoms with E-state index in [1.54, 1.807) is 13.2 Å². The van der Waals surface area contributed by atoms with E-state index in [4.69, 9.17) is 4.74 Å². The second kappa shape index (κ2) is 13.3. The number of carbonyl (C=O) groups excluding carboxylic acids is 2. The maximum Gasteiger partial charge on any atom is 0.237 e. The third-order valence-electron chi connectivity index (χ3n) is 6.84. The van der Waals surface area contributed by atoms with Gasteiger partial charge in [0.2, 0.25) is 11.8 Å². The summed E-state index contributed by atoms with van der Waals surface area (Å²) in [5.74, 6) is 0.134. The lowest BCUT2D eigenvalue weighted by Gasteiger charge is -2.45. The number of carbonyl (C=O) groups is 2. The first-order chi connectivity index (χ1) is 15.6. The molecular formula is C23H43N3O6S. The molecule has 0 aromatic heterocycles. The van der Waals surface area contributed by atoms with Gasteiger partial charge in [0.1, 0.15) is 29.9 Å². The molecule has 2 fully saturated rings. The summed E-state index contributed by atoms with van der Waals surface area (Å²) in [6.45, 7) is 8.82. The molecule has 0 saturated carbocycles. The van der Waals surface area contributed by atoms with E-state index in [0.29, 0.717) is 25.4 Å². The van der Waals surface area contributed by atoms with Gasteiger partial charge in [-0.15, -0.1) is 11.8 Å². The standard InChI is InChI=1S/C23H43N3O6S/c1-6-8-14-9-10-26(12-24-16(27)7-2)15(11-14)22(31)25-17(13(3)4)21-19(29)18(28)20(30)23(32-21)33-5/h13-15,17-21,23,28-30H,6-12H2,1-5H3,(H,24,27)(H,25,31)/t14-,15+,17-,18+,19-,20-,21-,23-/m1/s1. The first kappa shape index (κ1) is 28.3. The van der Waals surface area contributed by atoms with Gasteiger partial charge in [-0.05, 0) is 30.9 Å². The highest BCUT2D eigenvalue weighted by Gasteiger charge is 2.48. The number of nitrogens with zero attached hydrogens (tertiary/aromatic N) is 1. The van der Waals surface area contributed by atoms with Gasteiger partial charge in [0, 0.05) is 13.0 Å². The van der Waals surface area contributed by atoms with Crippen molar-refractivity contribution in [2.75, 3.05) is 19.5 Å². The van der Waals surface area contributed by atoms with Crippen molar-refractivity contribution in [1.29, 1.82) is 0 Å². The van der Waals surface area contributed by atoms with Crippen molar-refractivity contribution >= 4 is 23.6 Å². The number of likely N-dealkylation sites (tertiary alicyclic amines) is 1. The number of piperidine rings is 1. The van der Waals surface area contributed by atoms with Gasteiger partial charge in [-0.25, -0.2) is 0 Å². The first-order valence-corrected chi connectivity index (χ1v) is 13.5. The van der Waals surface area contributed by atoms with Gasteiger partial charge in [0.25, 0.3) is 0 Å². The van der Waals surface area contributed by atoms with Crippen LogP contribution in [0.5, 0.6) is 0 Å². The Kier molecular flexibility index (Phi) is 11.4. The Hall–Kier alpha value is -0.910. The highest BCUT2D eigenvalue weighted by atomic mass is 32.2. The normalized spacial score (nSPS) is 34.2. The van der Waals surface area contributed by atoms with Gasteiger partial charge in [-0.2, -0.15) is 0 Å². The largest absolute Gasteiger partial charge is 0.388 e. The molecule has 2 heterocycles. The van der Waals surface area contributed by atoms with Crippen molar-refractivity contribution in [3.05, 3.63) is 0 Å². The number of rotatable bonds is 10. The fourth-order valence-electron chi connectivity index (χ4n) is 4.79. The van der Waals surface area contributed by atoms with Crippen LogP contribution < -0.4 is 10.6 Å². The second-order valence-corrected chi connectivity index (χ2v) is 10.5. The van der Waals surface area contributed by atoms with Crippen molar-refractivity contribution in [2.45, 2.75) is 102 Å². The average molecular weight is 490 g/mol. The summed E-state index contributed by atoms with van der Waals surface area (Å²) in [7, 11) is 0. The second-order valence-electron chi connectivity index (χ2n) is 9.57. The molecule has 0 aromatic carbocycles. The van der Waals surface area contributed by atoms with Gasteiger partial charge in [0.05, 0.1) is 18.8 Å². The summed E-state index contributed by atoms with van der Waals surface area (Å²) in [6, 6.07) is -0.954. The summed E-state index contributed by atoms with van der Waals surface area (Å²) >= 11 is 1.25. The lowest BCUT2D eigenvalue weighted by molar-refractivity contribution is -0.208. The van der Waals surface area contributed by atoms with E-state index in [9.17, 15) is 24.9 Å². The Balaban J connectivity index is 2.18. The first-order valence-electron chi connectivity index (χ1n) is 12.2. The Labute approximate surface area is 202 Å². The van der Waals surface area contributed by atoms with Crippen LogP contribution in [-0.2, 0) is 14.3 Å². The Morgan fingerprint density at radius 2 is 1.85 bits per heavy atom. The topological polar surface area (TPSA) is 131 Å². The Morgan fingerprint density at radius 1 is 1.15 bits per heavy atom. The zero-order valence-electron chi connectivity index (χ0n) is 20.6. The summed E-state index contributed by atoms with van der Waals surface area (Å²) in [4.78, 5) is 27.3. The van der Waals surface area contributed by atoms with Crippen LogP contribution in [-0.4, -0.2) is 93.4 Å². The van der Waals surface area contributed by atoms with Crippen molar-refractivity contribution < 1.29 is 29.6 Å². The summed E-state index contributed by atoms with van der Waals surface area (Å²) in [5.41, 5.74) is -0.698. The van der Waals surface area contributed by atoms with Gasteiger partial charge in [-0.1, -0.05) is 40.5 Å². The van der Waals surface area contributed by atoms with Gasteiger partial charge >= 0.3 is 0 Å². The van der Waals surface area contributed by atoms with E-state index in [-0.39, 0.29) is 17.7 Å². The maximum absolute atomic E-state index is 13.5. The maximum atomic E-state index is 13.5. The van der Waals surface area contributed by atoms with Crippen LogP contribution in [0.4, 0.5) is 0 Å². The zero-order valence-corrected chi connectivity index (χ0v) is 21.4. The van der Waals surface area contributed by atoms with Crippen molar-refractivity contribution in [1.82, 2.24) is 15.5 Å². The van der Waals surface area contributed by atoms with Gasteiger partial charge < -0.3 is 30.7 Å². The van der Waals surface area contributed by atoms with Crippen molar-refractivity contribution in [3.8, 4) is 0 Å². The van der Waals surface area contributed by atoms with Crippen LogP contribution in [0.1, 0.15) is 59.8 Å². The molecule has 8 atom stereocenters. The highest BCUT2D eigenvalue weighted by Crippen LogP contribution is 2.31. The molecule has 0 spiro atoms.